The lowest BCUT2D eigenvalue weighted by Crippen LogP contribution is -2.72. The second kappa shape index (κ2) is 4.36. The fourth-order valence-corrected chi connectivity index (χ4v) is 4.10. The lowest BCUT2D eigenvalue weighted by molar-refractivity contribution is -0.161. The van der Waals surface area contributed by atoms with Crippen LogP contribution in [0.3, 0.4) is 0 Å². The topological polar surface area (TPSA) is 113 Å². The molecule has 4 N–H and O–H groups in total. The van der Waals surface area contributed by atoms with Gasteiger partial charge in [-0.25, -0.2) is 4.79 Å². The Hall–Kier alpha value is -1.28. The number of carbonyl (C=O) groups excluding carboxylic acids is 2. The molecule has 112 valence electrons. The Morgan fingerprint density at radius 2 is 2.00 bits per heavy atom. The first-order chi connectivity index (χ1) is 8.97. The molecule has 2 amide bonds. The first-order valence-electron chi connectivity index (χ1n) is 6.29. The number of thioether (sulfide) groups is 1. The Morgan fingerprint density at radius 3 is 2.45 bits per heavy atom. The summed E-state index contributed by atoms with van der Waals surface area (Å²) in [6.07, 6.45) is 0. The van der Waals surface area contributed by atoms with Crippen molar-refractivity contribution in [2.45, 2.75) is 55.4 Å². The molecule has 0 aromatic rings. The number of rotatable bonds is 3. The molecule has 3 atom stereocenters. The number of hydrogen-bond acceptors (Lipinski definition) is 5. The minimum absolute atomic E-state index is 0.343. The molecule has 8 heteroatoms. The molecule has 2 heterocycles. The number of fused-ring (bicyclic) bond motifs is 1. The first-order valence-corrected chi connectivity index (χ1v) is 7.17. The smallest absolute Gasteiger partial charge is 0.327 e. The highest BCUT2D eigenvalue weighted by atomic mass is 32.2. The number of carbonyl (C=O) groups is 3. The molecule has 20 heavy (non-hydrogen) atoms. The number of nitrogens with one attached hydrogen (secondary N) is 1. The normalized spacial score (nSPS) is 31.6. The first kappa shape index (κ1) is 15.1. The number of carboxylic acids is 1. The average molecular weight is 301 g/mol. The van der Waals surface area contributed by atoms with E-state index in [0.29, 0.717) is 0 Å². The summed E-state index contributed by atoms with van der Waals surface area (Å²) >= 11 is 1.39. The standard InChI is InChI=1S/C12H19N3O4S/c1-11(2,13)10(19)14-5-7(16)15-6(9(17)18)12(3,4)20-8(5)15/h5-6,8H,13H2,1-4H3,(H,14,19)(H,17,18)/t5-,6-,8-/m1/s1. The molecule has 2 saturated heterocycles. The van der Waals surface area contributed by atoms with E-state index < -0.39 is 34.2 Å². The molecule has 0 bridgehead atoms. The summed E-state index contributed by atoms with van der Waals surface area (Å²) in [6.45, 7) is 6.67. The molecule has 2 rings (SSSR count). The van der Waals surface area contributed by atoms with E-state index in [0.717, 1.165) is 0 Å². The van der Waals surface area contributed by atoms with Gasteiger partial charge in [-0.05, 0) is 27.7 Å². The fourth-order valence-electron chi connectivity index (χ4n) is 2.47. The van der Waals surface area contributed by atoms with Gasteiger partial charge in [0.15, 0.2) is 0 Å². The van der Waals surface area contributed by atoms with E-state index in [1.807, 2.05) is 0 Å². The third-order valence-corrected chi connectivity index (χ3v) is 5.12. The van der Waals surface area contributed by atoms with Crippen molar-refractivity contribution in [3.63, 3.8) is 0 Å². The Balaban J connectivity index is 2.15. The van der Waals surface area contributed by atoms with Crippen molar-refractivity contribution in [3.8, 4) is 0 Å². The van der Waals surface area contributed by atoms with Gasteiger partial charge in [0.2, 0.25) is 11.8 Å². The maximum absolute atomic E-state index is 12.1. The van der Waals surface area contributed by atoms with Gasteiger partial charge in [0, 0.05) is 4.75 Å². The van der Waals surface area contributed by atoms with Gasteiger partial charge < -0.3 is 21.1 Å². The third-order valence-electron chi connectivity index (χ3n) is 3.55. The quantitative estimate of drug-likeness (QED) is 0.597. The van der Waals surface area contributed by atoms with Crippen molar-refractivity contribution in [3.05, 3.63) is 0 Å². The van der Waals surface area contributed by atoms with Crippen molar-refractivity contribution in [2.75, 3.05) is 0 Å². The summed E-state index contributed by atoms with van der Waals surface area (Å²) in [5, 5.41) is 11.5. The van der Waals surface area contributed by atoms with Gasteiger partial charge in [0.1, 0.15) is 17.5 Å². The van der Waals surface area contributed by atoms with Gasteiger partial charge in [-0.15, -0.1) is 11.8 Å². The minimum Gasteiger partial charge on any atom is -0.480 e. The van der Waals surface area contributed by atoms with E-state index in [4.69, 9.17) is 5.73 Å². The van der Waals surface area contributed by atoms with Gasteiger partial charge in [-0.1, -0.05) is 0 Å². The van der Waals surface area contributed by atoms with Gasteiger partial charge in [0.25, 0.3) is 0 Å². The molecule has 0 radical (unpaired) electrons. The van der Waals surface area contributed by atoms with Crippen LogP contribution in [-0.2, 0) is 14.4 Å². The third kappa shape index (κ3) is 2.16. The van der Waals surface area contributed by atoms with Crippen LogP contribution in [-0.4, -0.2) is 55.5 Å². The number of hydrogen-bond donors (Lipinski definition) is 3. The van der Waals surface area contributed by atoms with Crippen LogP contribution in [0.25, 0.3) is 0 Å². The summed E-state index contributed by atoms with van der Waals surface area (Å²) in [4.78, 5) is 36.6. The monoisotopic (exact) mass is 301 g/mol. The molecule has 0 aromatic heterocycles. The van der Waals surface area contributed by atoms with Crippen molar-refractivity contribution in [1.82, 2.24) is 10.2 Å². The second-order valence-corrected chi connectivity index (χ2v) is 8.04. The summed E-state index contributed by atoms with van der Waals surface area (Å²) in [7, 11) is 0. The van der Waals surface area contributed by atoms with Gasteiger partial charge in [-0.3, -0.25) is 9.59 Å². The van der Waals surface area contributed by atoms with Crippen molar-refractivity contribution in [1.29, 1.82) is 0 Å². The molecule has 0 aliphatic carbocycles. The zero-order valence-electron chi connectivity index (χ0n) is 11.8. The summed E-state index contributed by atoms with van der Waals surface area (Å²) < 4.78 is -0.593. The SMILES string of the molecule is CC(C)(N)C(=O)N[C@@H]1C(=O)N2[C@@H]1SC(C)(C)[C@H]2C(=O)O. The molecular formula is C12H19N3O4S. The molecule has 0 aromatic carbocycles. The van der Waals surface area contributed by atoms with Crippen molar-refractivity contribution in [2.24, 2.45) is 5.73 Å². The highest BCUT2D eigenvalue weighted by molar-refractivity contribution is 8.01. The number of amides is 2. The Morgan fingerprint density at radius 1 is 1.45 bits per heavy atom. The van der Waals surface area contributed by atoms with Crippen LogP contribution in [0.2, 0.25) is 0 Å². The van der Waals surface area contributed by atoms with Crippen LogP contribution in [0.5, 0.6) is 0 Å². The number of carboxylic acid groups (broad SMARTS) is 1. The molecule has 0 saturated carbocycles. The Labute approximate surface area is 121 Å². The lowest BCUT2D eigenvalue weighted by Gasteiger charge is -2.44. The Kier molecular flexibility index (Phi) is 3.29. The van der Waals surface area contributed by atoms with Crippen LogP contribution in [0.1, 0.15) is 27.7 Å². The summed E-state index contributed by atoms with van der Waals surface area (Å²) in [6, 6.07) is -1.57. The molecule has 2 aliphatic heterocycles. The molecule has 7 nitrogen and oxygen atoms in total. The molecule has 2 fully saturated rings. The minimum atomic E-state index is -1.08. The van der Waals surface area contributed by atoms with E-state index >= 15 is 0 Å². The largest absolute Gasteiger partial charge is 0.480 e. The van der Waals surface area contributed by atoms with Crippen molar-refractivity contribution >= 4 is 29.5 Å². The second-order valence-electron chi connectivity index (χ2n) is 6.27. The van der Waals surface area contributed by atoms with Gasteiger partial charge in [0.05, 0.1) is 5.54 Å². The zero-order valence-corrected chi connectivity index (χ0v) is 12.7. The van der Waals surface area contributed by atoms with Crippen LogP contribution in [0.4, 0.5) is 0 Å². The molecular weight excluding hydrogens is 282 g/mol. The Bertz CT molecular complexity index is 486. The zero-order chi connectivity index (χ0) is 15.5. The predicted molar refractivity (Wildman–Crippen MR) is 73.9 cm³/mol. The van der Waals surface area contributed by atoms with E-state index in [1.54, 1.807) is 27.7 Å². The summed E-state index contributed by atoms with van der Waals surface area (Å²) in [5.74, 6) is -1.81. The average Bonchev–Trinajstić information content (AvgIpc) is 2.53. The van der Waals surface area contributed by atoms with E-state index in [-0.39, 0.29) is 11.3 Å². The maximum atomic E-state index is 12.1. The lowest BCUT2D eigenvalue weighted by atomic mass is 9.95. The number of nitrogens with zero attached hydrogens (tertiary/aromatic N) is 1. The van der Waals surface area contributed by atoms with E-state index in [1.165, 1.54) is 16.7 Å². The van der Waals surface area contributed by atoms with Gasteiger partial charge in [-0.2, -0.15) is 0 Å². The highest BCUT2D eigenvalue weighted by Gasteiger charge is 2.64. The number of β-lactam (4-membered cyclic amide) rings is 1. The molecule has 0 spiro atoms. The van der Waals surface area contributed by atoms with Crippen LogP contribution >= 0.6 is 11.8 Å². The van der Waals surface area contributed by atoms with Crippen LogP contribution in [0.15, 0.2) is 0 Å². The van der Waals surface area contributed by atoms with Crippen LogP contribution in [0, 0.1) is 0 Å². The number of nitrogens with two attached hydrogens (primary N) is 1. The maximum Gasteiger partial charge on any atom is 0.327 e. The van der Waals surface area contributed by atoms with Gasteiger partial charge >= 0.3 is 5.97 Å². The predicted octanol–water partition coefficient (Wildman–Crippen LogP) is -0.645. The highest BCUT2D eigenvalue weighted by Crippen LogP contribution is 2.50. The van der Waals surface area contributed by atoms with E-state index in [2.05, 4.69) is 5.32 Å². The van der Waals surface area contributed by atoms with Crippen LogP contribution < -0.4 is 11.1 Å². The summed E-state index contributed by atoms with van der Waals surface area (Å²) in [5.41, 5.74) is 4.60. The van der Waals surface area contributed by atoms with E-state index in [9.17, 15) is 19.5 Å². The molecule has 0 unspecified atom stereocenters. The fraction of sp³-hybridized carbons (Fsp3) is 0.750. The van der Waals surface area contributed by atoms with Crippen molar-refractivity contribution < 1.29 is 19.5 Å². The molecule has 2 aliphatic rings. The number of aliphatic carboxylic acids is 1.